The van der Waals surface area contributed by atoms with Crippen molar-refractivity contribution in [1.29, 1.82) is 0 Å². The van der Waals surface area contributed by atoms with Crippen LogP contribution in [-0.4, -0.2) is 46.4 Å². The van der Waals surface area contributed by atoms with Crippen LogP contribution in [0.3, 0.4) is 0 Å². The molecule has 0 aliphatic carbocycles. The lowest BCUT2D eigenvalue weighted by Crippen LogP contribution is -2.42. The number of benzene rings is 1. The SMILES string of the molecule is C/C(N)=C/C(=O)CC(=O)N1C[C@H](O)C[C@H]1C(=O)OCc1ccc(Cl)cc1. The zero-order valence-electron chi connectivity index (χ0n) is 14.4. The van der Waals surface area contributed by atoms with Gasteiger partial charge in [-0.15, -0.1) is 0 Å². The molecule has 3 N–H and O–H groups in total. The molecule has 1 aromatic carbocycles. The molecular weight excluding hydrogens is 360 g/mol. The number of ether oxygens (including phenoxy) is 1. The molecule has 2 atom stereocenters. The van der Waals surface area contributed by atoms with Gasteiger partial charge < -0.3 is 20.5 Å². The molecule has 1 aliphatic heterocycles. The third-order valence-electron chi connectivity index (χ3n) is 3.88. The van der Waals surface area contributed by atoms with Gasteiger partial charge >= 0.3 is 5.97 Å². The maximum absolute atomic E-state index is 12.3. The van der Waals surface area contributed by atoms with E-state index in [-0.39, 0.29) is 19.6 Å². The van der Waals surface area contributed by atoms with Crippen molar-refractivity contribution in [1.82, 2.24) is 4.90 Å². The number of nitrogens with two attached hydrogens (primary N) is 1. The Hall–Kier alpha value is -2.38. The van der Waals surface area contributed by atoms with E-state index in [1.165, 1.54) is 4.90 Å². The zero-order chi connectivity index (χ0) is 19.3. The molecule has 0 bridgehead atoms. The molecule has 2 rings (SSSR count). The lowest BCUT2D eigenvalue weighted by atomic mass is 10.2. The number of amides is 1. The monoisotopic (exact) mass is 380 g/mol. The number of carbonyl (C=O) groups excluding carboxylic acids is 3. The van der Waals surface area contributed by atoms with Crippen LogP contribution in [0.5, 0.6) is 0 Å². The highest BCUT2D eigenvalue weighted by atomic mass is 35.5. The summed E-state index contributed by atoms with van der Waals surface area (Å²) in [5.41, 5.74) is 6.46. The molecule has 0 unspecified atom stereocenters. The fourth-order valence-electron chi connectivity index (χ4n) is 2.70. The van der Waals surface area contributed by atoms with E-state index < -0.39 is 36.2 Å². The number of hydrogen-bond donors (Lipinski definition) is 2. The molecule has 1 aliphatic rings. The van der Waals surface area contributed by atoms with E-state index in [1.54, 1.807) is 31.2 Å². The van der Waals surface area contributed by atoms with Gasteiger partial charge in [-0.1, -0.05) is 23.7 Å². The fourth-order valence-corrected chi connectivity index (χ4v) is 2.83. The lowest BCUT2D eigenvalue weighted by molar-refractivity contribution is -0.155. The van der Waals surface area contributed by atoms with Crippen LogP contribution in [0.25, 0.3) is 0 Å². The second-order valence-corrected chi connectivity index (χ2v) is 6.65. The smallest absolute Gasteiger partial charge is 0.329 e. The Morgan fingerprint density at radius 3 is 2.62 bits per heavy atom. The average Bonchev–Trinajstić information content (AvgIpc) is 2.95. The van der Waals surface area contributed by atoms with Gasteiger partial charge in [0.1, 0.15) is 12.6 Å². The van der Waals surface area contributed by atoms with Gasteiger partial charge in [0.05, 0.1) is 12.5 Å². The highest BCUT2D eigenvalue weighted by Crippen LogP contribution is 2.21. The number of esters is 1. The van der Waals surface area contributed by atoms with Crippen molar-refractivity contribution in [3.05, 3.63) is 46.6 Å². The predicted molar refractivity (Wildman–Crippen MR) is 94.9 cm³/mol. The normalized spacial score (nSPS) is 20.1. The zero-order valence-corrected chi connectivity index (χ0v) is 15.1. The number of hydrogen-bond acceptors (Lipinski definition) is 6. The first-order valence-corrected chi connectivity index (χ1v) is 8.49. The molecule has 1 saturated heterocycles. The fraction of sp³-hybridized carbons (Fsp3) is 0.389. The van der Waals surface area contributed by atoms with Crippen molar-refractivity contribution in [2.75, 3.05) is 6.54 Å². The minimum Gasteiger partial charge on any atom is -0.459 e. The van der Waals surface area contributed by atoms with Crippen LogP contribution in [0.1, 0.15) is 25.3 Å². The van der Waals surface area contributed by atoms with Gasteiger partial charge in [-0.2, -0.15) is 0 Å². The topological polar surface area (TPSA) is 110 Å². The molecule has 1 fully saturated rings. The Morgan fingerprint density at radius 2 is 2.00 bits per heavy atom. The van der Waals surface area contributed by atoms with Crippen LogP contribution in [0.4, 0.5) is 0 Å². The summed E-state index contributed by atoms with van der Waals surface area (Å²) >= 11 is 5.80. The molecule has 1 amide bonds. The van der Waals surface area contributed by atoms with Crippen LogP contribution in [0.2, 0.25) is 5.02 Å². The van der Waals surface area contributed by atoms with E-state index >= 15 is 0 Å². The summed E-state index contributed by atoms with van der Waals surface area (Å²) in [5.74, 6) is -1.62. The number of aliphatic hydroxyl groups is 1. The van der Waals surface area contributed by atoms with Crippen molar-refractivity contribution in [3.8, 4) is 0 Å². The van der Waals surface area contributed by atoms with Gasteiger partial charge in [-0.3, -0.25) is 9.59 Å². The second-order valence-electron chi connectivity index (χ2n) is 6.22. The van der Waals surface area contributed by atoms with E-state index in [0.29, 0.717) is 10.7 Å². The number of likely N-dealkylation sites (tertiary alicyclic amines) is 1. The highest BCUT2D eigenvalue weighted by molar-refractivity contribution is 6.30. The molecule has 0 spiro atoms. The van der Waals surface area contributed by atoms with E-state index in [9.17, 15) is 19.5 Å². The first-order valence-electron chi connectivity index (χ1n) is 8.11. The first kappa shape index (κ1) is 19.9. The number of nitrogens with zero attached hydrogens (tertiary/aromatic N) is 1. The maximum atomic E-state index is 12.3. The number of carbonyl (C=O) groups is 3. The summed E-state index contributed by atoms with van der Waals surface area (Å²) in [6.07, 6.45) is -0.0139. The Labute approximate surface area is 156 Å². The van der Waals surface area contributed by atoms with Gasteiger partial charge in [0.2, 0.25) is 5.91 Å². The van der Waals surface area contributed by atoms with Crippen LogP contribution < -0.4 is 5.73 Å². The molecule has 1 aromatic rings. The number of β-amino-alcohol motifs (C(OH)–C–C–N with tert-alkyl or cyclic N) is 1. The van der Waals surface area contributed by atoms with E-state index in [2.05, 4.69) is 0 Å². The summed E-state index contributed by atoms with van der Waals surface area (Å²) in [7, 11) is 0. The number of rotatable bonds is 6. The van der Waals surface area contributed by atoms with Crippen molar-refractivity contribution >= 4 is 29.3 Å². The van der Waals surface area contributed by atoms with E-state index in [1.807, 2.05) is 0 Å². The second kappa shape index (κ2) is 8.82. The summed E-state index contributed by atoms with van der Waals surface area (Å²) in [6.45, 7) is 1.55. The molecule has 26 heavy (non-hydrogen) atoms. The molecule has 0 radical (unpaired) electrons. The largest absolute Gasteiger partial charge is 0.459 e. The predicted octanol–water partition coefficient (Wildman–Crippen LogP) is 1.17. The standard InChI is InChI=1S/C18H21ClN2O5/c1-11(20)6-14(22)8-17(24)21-9-15(23)7-16(21)18(25)26-10-12-2-4-13(19)5-3-12/h2-6,15-16,23H,7-10,20H2,1H3/b11-6-/t15-,16+/m1/s1. The first-order chi connectivity index (χ1) is 12.3. The van der Waals surface area contributed by atoms with Crippen molar-refractivity contribution in [2.24, 2.45) is 5.73 Å². The van der Waals surface area contributed by atoms with Gasteiger partial charge in [0.15, 0.2) is 5.78 Å². The van der Waals surface area contributed by atoms with Crippen LogP contribution in [0.15, 0.2) is 36.0 Å². The Kier molecular flexibility index (Phi) is 6.76. The quantitative estimate of drug-likeness (QED) is 0.435. The summed E-state index contributed by atoms with van der Waals surface area (Å²) < 4.78 is 5.25. The minimum atomic E-state index is -0.916. The van der Waals surface area contributed by atoms with E-state index in [0.717, 1.165) is 11.6 Å². The van der Waals surface area contributed by atoms with Crippen LogP contribution in [0, 0.1) is 0 Å². The minimum absolute atomic E-state index is 0.0157. The summed E-state index contributed by atoms with van der Waals surface area (Å²) in [6, 6.07) is 5.89. The van der Waals surface area contributed by atoms with Gasteiger partial charge in [0, 0.05) is 29.8 Å². The third kappa shape index (κ3) is 5.57. The molecule has 7 nitrogen and oxygen atoms in total. The average molecular weight is 381 g/mol. The number of allylic oxidation sites excluding steroid dienone is 2. The van der Waals surface area contributed by atoms with Crippen molar-refractivity contribution in [3.63, 3.8) is 0 Å². The molecule has 0 saturated carbocycles. The number of ketones is 1. The summed E-state index contributed by atoms with van der Waals surface area (Å²) in [4.78, 5) is 37.6. The maximum Gasteiger partial charge on any atom is 0.329 e. The molecule has 140 valence electrons. The Morgan fingerprint density at radius 1 is 1.35 bits per heavy atom. The van der Waals surface area contributed by atoms with Crippen molar-refractivity contribution < 1.29 is 24.2 Å². The summed E-state index contributed by atoms with van der Waals surface area (Å²) in [5, 5.41) is 10.4. The highest BCUT2D eigenvalue weighted by Gasteiger charge is 2.40. The number of aliphatic hydroxyl groups excluding tert-OH is 1. The number of halogens is 1. The lowest BCUT2D eigenvalue weighted by Gasteiger charge is -2.22. The molecule has 8 heteroatoms. The Bertz CT molecular complexity index is 713. The van der Waals surface area contributed by atoms with E-state index in [4.69, 9.17) is 22.1 Å². The van der Waals surface area contributed by atoms with Crippen LogP contribution in [-0.2, 0) is 25.7 Å². The third-order valence-corrected chi connectivity index (χ3v) is 4.13. The molecule has 1 heterocycles. The molecular formula is C18H21ClN2O5. The molecule has 0 aromatic heterocycles. The van der Waals surface area contributed by atoms with Gasteiger partial charge in [-0.25, -0.2) is 4.79 Å². The van der Waals surface area contributed by atoms with Gasteiger partial charge in [-0.05, 0) is 24.6 Å². The Balaban J connectivity index is 1.97. The van der Waals surface area contributed by atoms with Gasteiger partial charge in [0.25, 0.3) is 0 Å². The van der Waals surface area contributed by atoms with Crippen LogP contribution >= 0.6 is 11.6 Å². The van der Waals surface area contributed by atoms with Crippen molar-refractivity contribution in [2.45, 2.75) is 38.5 Å².